The molecule has 38 heavy (non-hydrogen) atoms. The molecule has 1 aliphatic rings. The van der Waals surface area contributed by atoms with Crippen LogP contribution in [0.2, 0.25) is 0 Å². The lowest BCUT2D eigenvalue weighted by atomic mass is 10.1. The first-order valence-corrected chi connectivity index (χ1v) is 12.8. The van der Waals surface area contributed by atoms with Crippen LogP contribution in [0.15, 0.2) is 67.0 Å². The predicted octanol–water partition coefficient (Wildman–Crippen LogP) is 5.84. The minimum Gasteiger partial charge on any atom is -0.457 e. The second-order valence-corrected chi connectivity index (χ2v) is 10.5. The van der Waals surface area contributed by atoms with Crippen molar-refractivity contribution in [2.75, 3.05) is 36.5 Å². The zero-order valence-electron chi connectivity index (χ0n) is 22.2. The molecule has 1 saturated heterocycles. The maximum Gasteiger partial charge on any atom is 0.251 e. The summed E-state index contributed by atoms with van der Waals surface area (Å²) < 4.78 is 11.6. The highest BCUT2D eigenvalue weighted by Gasteiger charge is 2.16. The molecule has 0 atom stereocenters. The van der Waals surface area contributed by atoms with Gasteiger partial charge in [0.05, 0.1) is 18.7 Å². The van der Waals surface area contributed by atoms with Gasteiger partial charge in [0.15, 0.2) is 0 Å². The summed E-state index contributed by atoms with van der Waals surface area (Å²) in [6.07, 6.45) is 1.58. The number of carbonyl (C=O) groups excluding carboxylic acids is 1. The van der Waals surface area contributed by atoms with Crippen molar-refractivity contribution in [3.63, 3.8) is 0 Å². The molecule has 0 spiro atoms. The van der Waals surface area contributed by atoms with Crippen LogP contribution >= 0.6 is 0 Å². The van der Waals surface area contributed by atoms with Crippen molar-refractivity contribution in [3.8, 4) is 11.5 Å². The molecule has 0 radical (unpaired) electrons. The van der Waals surface area contributed by atoms with E-state index in [1.165, 1.54) is 0 Å². The fourth-order valence-corrected chi connectivity index (χ4v) is 4.38. The number of benzene rings is 3. The number of nitrogens with zero attached hydrogens (tertiary/aromatic N) is 3. The van der Waals surface area contributed by atoms with Crippen molar-refractivity contribution in [1.82, 2.24) is 15.3 Å². The molecule has 4 aromatic rings. The van der Waals surface area contributed by atoms with Gasteiger partial charge in [0, 0.05) is 41.0 Å². The van der Waals surface area contributed by atoms with Gasteiger partial charge in [0.1, 0.15) is 23.6 Å². The molecule has 1 aliphatic heterocycles. The van der Waals surface area contributed by atoms with E-state index in [2.05, 4.69) is 37.6 Å². The molecular formula is C30H33N5O3. The standard InChI is InChI=1S/C30H33N5O3/c1-20-16-22(8-11-27(20)38-24-7-5-6-21(17-24)29(36)34-30(2,3)4)33-28-25-18-23(35-12-14-37-15-13-35)9-10-26(25)31-19-32-28/h5-11,16-19H,12-15H2,1-4H3,(H,34,36)(H,31,32,33). The van der Waals surface area contributed by atoms with Crippen LogP contribution in [0.3, 0.4) is 0 Å². The van der Waals surface area contributed by atoms with Crippen molar-refractivity contribution in [2.24, 2.45) is 0 Å². The third-order valence-corrected chi connectivity index (χ3v) is 6.25. The van der Waals surface area contributed by atoms with E-state index in [-0.39, 0.29) is 11.4 Å². The second-order valence-electron chi connectivity index (χ2n) is 10.5. The molecule has 196 valence electrons. The van der Waals surface area contributed by atoms with E-state index in [0.717, 1.165) is 60.0 Å². The highest BCUT2D eigenvalue weighted by Crippen LogP contribution is 2.31. The minimum absolute atomic E-state index is 0.131. The van der Waals surface area contributed by atoms with E-state index in [9.17, 15) is 4.79 Å². The summed E-state index contributed by atoms with van der Waals surface area (Å²) >= 11 is 0. The predicted molar refractivity (Wildman–Crippen MR) is 151 cm³/mol. The van der Waals surface area contributed by atoms with Crippen LogP contribution < -0.4 is 20.3 Å². The molecule has 0 aliphatic carbocycles. The molecule has 1 aromatic heterocycles. The Balaban J connectivity index is 1.34. The highest BCUT2D eigenvalue weighted by molar-refractivity contribution is 5.95. The molecule has 0 bridgehead atoms. The molecule has 5 rings (SSSR count). The molecular weight excluding hydrogens is 478 g/mol. The fourth-order valence-electron chi connectivity index (χ4n) is 4.38. The van der Waals surface area contributed by atoms with E-state index >= 15 is 0 Å². The third-order valence-electron chi connectivity index (χ3n) is 6.25. The molecule has 2 heterocycles. The fraction of sp³-hybridized carbons (Fsp3) is 0.300. The molecule has 0 unspecified atom stereocenters. The van der Waals surface area contributed by atoms with E-state index in [0.29, 0.717) is 17.1 Å². The van der Waals surface area contributed by atoms with Crippen molar-refractivity contribution in [2.45, 2.75) is 33.2 Å². The smallest absolute Gasteiger partial charge is 0.251 e. The number of fused-ring (bicyclic) bond motifs is 1. The summed E-state index contributed by atoms with van der Waals surface area (Å²) in [6.45, 7) is 11.1. The first-order valence-electron chi connectivity index (χ1n) is 12.8. The zero-order valence-corrected chi connectivity index (χ0v) is 22.2. The van der Waals surface area contributed by atoms with Crippen molar-refractivity contribution < 1.29 is 14.3 Å². The topological polar surface area (TPSA) is 88.6 Å². The Labute approximate surface area is 223 Å². The number of carbonyl (C=O) groups is 1. The lowest BCUT2D eigenvalue weighted by molar-refractivity contribution is 0.0919. The number of aromatic nitrogens is 2. The van der Waals surface area contributed by atoms with Gasteiger partial charge in [-0.25, -0.2) is 9.97 Å². The normalized spacial score (nSPS) is 13.8. The number of hydrogen-bond donors (Lipinski definition) is 2. The second kappa shape index (κ2) is 10.7. The monoisotopic (exact) mass is 511 g/mol. The Morgan fingerprint density at radius 1 is 1.00 bits per heavy atom. The first-order chi connectivity index (χ1) is 18.2. The molecule has 2 N–H and O–H groups in total. The van der Waals surface area contributed by atoms with Gasteiger partial charge in [-0.1, -0.05) is 6.07 Å². The summed E-state index contributed by atoms with van der Waals surface area (Å²) in [5.41, 5.74) is 4.10. The third kappa shape index (κ3) is 6.03. The number of rotatable bonds is 6. The van der Waals surface area contributed by atoms with Gasteiger partial charge in [0.2, 0.25) is 0 Å². The highest BCUT2D eigenvalue weighted by atomic mass is 16.5. The number of hydrogen-bond acceptors (Lipinski definition) is 7. The largest absolute Gasteiger partial charge is 0.457 e. The number of aryl methyl sites for hydroxylation is 1. The van der Waals surface area contributed by atoms with Crippen LogP contribution in [0.25, 0.3) is 10.9 Å². The van der Waals surface area contributed by atoms with Gasteiger partial charge in [-0.15, -0.1) is 0 Å². The van der Waals surface area contributed by atoms with Crippen LogP contribution in [0.1, 0.15) is 36.7 Å². The zero-order chi connectivity index (χ0) is 26.7. The summed E-state index contributed by atoms with van der Waals surface area (Å²) in [7, 11) is 0. The van der Waals surface area contributed by atoms with Gasteiger partial charge >= 0.3 is 0 Å². The van der Waals surface area contributed by atoms with Gasteiger partial charge in [-0.3, -0.25) is 4.79 Å². The molecule has 3 aromatic carbocycles. The van der Waals surface area contributed by atoms with Crippen LogP contribution in [-0.2, 0) is 4.74 Å². The van der Waals surface area contributed by atoms with E-state index < -0.39 is 0 Å². The Hall–Kier alpha value is -4.17. The molecule has 8 heteroatoms. The molecule has 0 saturated carbocycles. The summed E-state index contributed by atoms with van der Waals surface area (Å²) in [4.78, 5) is 23.8. The Morgan fingerprint density at radius 2 is 1.82 bits per heavy atom. The number of ether oxygens (including phenoxy) is 2. The minimum atomic E-state index is -0.313. The molecule has 1 amide bonds. The maximum atomic E-state index is 12.6. The Kier molecular flexibility index (Phi) is 7.15. The number of anilines is 3. The number of amides is 1. The average molecular weight is 512 g/mol. The van der Waals surface area contributed by atoms with Gasteiger partial charge in [-0.2, -0.15) is 0 Å². The lowest BCUT2D eigenvalue weighted by Crippen LogP contribution is -2.40. The lowest BCUT2D eigenvalue weighted by Gasteiger charge is -2.29. The number of nitrogens with one attached hydrogen (secondary N) is 2. The molecule has 1 fully saturated rings. The van der Waals surface area contributed by atoms with Crippen LogP contribution in [0, 0.1) is 6.92 Å². The summed E-state index contributed by atoms with van der Waals surface area (Å²) in [6, 6.07) is 19.4. The maximum absolute atomic E-state index is 12.6. The van der Waals surface area contributed by atoms with Gasteiger partial charge < -0.3 is 25.0 Å². The summed E-state index contributed by atoms with van der Waals surface area (Å²) in [5, 5.41) is 7.39. The Bertz CT molecular complexity index is 1460. The van der Waals surface area contributed by atoms with E-state index in [1.54, 1.807) is 18.5 Å². The molecule has 8 nitrogen and oxygen atoms in total. The van der Waals surface area contributed by atoms with Crippen molar-refractivity contribution in [1.29, 1.82) is 0 Å². The van der Waals surface area contributed by atoms with Crippen LogP contribution in [0.4, 0.5) is 17.2 Å². The summed E-state index contributed by atoms with van der Waals surface area (Å²) in [5.74, 6) is 1.93. The van der Waals surface area contributed by atoms with E-state index in [1.807, 2.05) is 64.1 Å². The van der Waals surface area contributed by atoms with Gasteiger partial charge in [-0.05, 0) is 87.9 Å². The van der Waals surface area contributed by atoms with E-state index in [4.69, 9.17) is 9.47 Å². The van der Waals surface area contributed by atoms with Crippen molar-refractivity contribution in [3.05, 3.63) is 78.1 Å². The van der Waals surface area contributed by atoms with Gasteiger partial charge in [0.25, 0.3) is 5.91 Å². The van der Waals surface area contributed by atoms with Crippen LogP contribution in [-0.4, -0.2) is 47.7 Å². The van der Waals surface area contributed by atoms with Crippen molar-refractivity contribution >= 4 is 34.0 Å². The average Bonchev–Trinajstić information content (AvgIpc) is 2.90. The quantitative estimate of drug-likeness (QED) is 0.336. The Morgan fingerprint density at radius 3 is 2.58 bits per heavy atom. The number of morpholine rings is 1. The SMILES string of the molecule is Cc1cc(Nc2ncnc3ccc(N4CCOCC4)cc23)ccc1Oc1cccc(C(=O)NC(C)(C)C)c1. The van der Waals surface area contributed by atoms with Crippen LogP contribution in [0.5, 0.6) is 11.5 Å². The first kappa shape index (κ1) is 25.5.